The fraction of sp³-hybridized carbons (Fsp3) is 0.632. The standard InChI is InChI=1S/C19H30FN3O2.HI/c1-2-21-19(23-11-8-16-4-6-18(20)7-5-16)22-10-3-12-24-14-17-9-13-25-15-17;/h4-7,17H,2-3,8-15H2,1H3,(H2,21,22,23);1H. The van der Waals surface area contributed by atoms with Gasteiger partial charge in [0.05, 0.1) is 13.2 Å². The van der Waals surface area contributed by atoms with E-state index in [9.17, 15) is 4.39 Å². The van der Waals surface area contributed by atoms with Gasteiger partial charge in [-0.2, -0.15) is 0 Å². The quantitative estimate of drug-likeness (QED) is 0.235. The Balaban J connectivity index is 0.00000338. The lowest BCUT2D eigenvalue weighted by atomic mass is 10.1. The van der Waals surface area contributed by atoms with Crippen molar-refractivity contribution in [2.75, 3.05) is 46.1 Å². The lowest BCUT2D eigenvalue weighted by Gasteiger charge is -2.12. The average molecular weight is 479 g/mol. The Bertz CT molecular complexity index is 508. The van der Waals surface area contributed by atoms with E-state index in [2.05, 4.69) is 15.6 Å². The minimum atomic E-state index is -0.200. The van der Waals surface area contributed by atoms with Gasteiger partial charge < -0.3 is 20.1 Å². The van der Waals surface area contributed by atoms with E-state index in [1.54, 1.807) is 0 Å². The number of aliphatic imine (C=N–C) groups is 1. The van der Waals surface area contributed by atoms with Crippen LogP contribution in [0.3, 0.4) is 0 Å². The number of hydrogen-bond donors (Lipinski definition) is 2. The lowest BCUT2D eigenvalue weighted by Crippen LogP contribution is -2.38. The van der Waals surface area contributed by atoms with Crippen molar-refractivity contribution in [2.24, 2.45) is 10.9 Å². The molecular weight excluding hydrogens is 448 g/mol. The highest BCUT2D eigenvalue weighted by molar-refractivity contribution is 14.0. The first-order chi connectivity index (χ1) is 12.3. The van der Waals surface area contributed by atoms with Gasteiger partial charge in [-0.25, -0.2) is 4.39 Å². The van der Waals surface area contributed by atoms with Gasteiger partial charge in [-0.1, -0.05) is 12.1 Å². The van der Waals surface area contributed by atoms with E-state index in [0.717, 1.165) is 76.8 Å². The van der Waals surface area contributed by atoms with Crippen molar-refractivity contribution in [1.29, 1.82) is 0 Å². The predicted octanol–water partition coefficient (Wildman–Crippen LogP) is 2.98. The van der Waals surface area contributed by atoms with Crippen LogP contribution in [0.5, 0.6) is 0 Å². The maximum atomic E-state index is 12.9. The zero-order valence-corrected chi connectivity index (χ0v) is 17.8. The van der Waals surface area contributed by atoms with Crippen molar-refractivity contribution in [3.8, 4) is 0 Å². The highest BCUT2D eigenvalue weighted by Crippen LogP contribution is 2.12. The van der Waals surface area contributed by atoms with E-state index in [1.807, 2.05) is 19.1 Å². The molecule has 0 aliphatic carbocycles. The molecule has 0 amide bonds. The molecule has 5 nitrogen and oxygen atoms in total. The van der Waals surface area contributed by atoms with Crippen molar-refractivity contribution in [3.63, 3.8) is 0 Å². The predicted molar refractivity (Wildman–Crippen MR) is 114 cm³/mol. The lowest BCUT2D eigenvalue weighted by molar-refractivity contribution is 0.0893. The van der Waals surface area contributed by atoms with Crippen LogP contribution in [0.25, 0.3) is 0 Å². The Kier molecular flexibility index (Phi) is 12.6. The molecule has 2 N–H and O–H groups in total. The second kappa shape index (κ2) is 14.2. The fourth-order valence-electron chi connectivity index (χ4n) is 2.64. The number of hydrogen-bond acceptors (Lipinski definition) is 3. The number of benzene rings is 1. The van der Waals surface area contributed by atoms with Gasteiger partial charge in [0.2, 0.25) is 0 Å². The second-order valence-electron chi connectivity index (χ2n) is 6.22. The largest absolute Gasteiger partial charge is 0.381 e. The van der Waals surface area contributed by atoms with E-state index < -0.39 is 0 Å². The van der Waals surface area contributed by atoms with Gasteiger partial charge in [-0.15, -0.1) is 24.0 Å². The third kappa shape index (κ3) is 9.68. The molecule has 1 atom stereocenters. The van der Waals surface area contributed by atoms with Crippen molar-refractivity contribution < 1.29 is 13.9 Å². The van der Waals surface area contributed by atoms with Crippen LogP contribution in [0.4, 0.5) is 4.39 Å². The molecular formula is C19H31FIN3O2. The van der Waals surface area contributed by atoms with Crippen LogP contribution >= 0.6 is 24.0 Å². The number of rotatable bonds is 10. The molecule has 0 spiro atoms. The smallest absolute Gasteiger partial charge is 0.191 e. The van der Waals surface area contributed by atoms with E-state index in [0.29, 0.717) is 5.92 Å². The maximum Gasteiger partial charge on any atom is 0.191 e. The van der Waals surface area contributed by atoms with Crippen molar-refractivity contribution in [1.82, 2.24) is 10.6 Å². The molecule has 0 aromatic heterocycles. The van der Waals surface area contributed by atoms with Crippen LogP contribution in [0, 0.1) is 11.7 Å². The van der Waals surface area contributed by atoms with Gasteiger partial charge in [0, 0.05) is 38.8 Å². The summed E-state index contributed by atoms with van der Waals surface area (Å²) in [5, 5.41) is 6.54. The zero-order chi connectivity index (χ0) is 17.7. The van der Waals surface area contributed by atoms with Gasteiger partial charge in [0.1, 0.15) is 5.82 Å². The van der Waals surface area contributed by atoms with Gasteiger partial charge in [0.15, 0.2) is 5.96 Å². The molecule has 1 fully saturated rings. The van der Waals surface area contributed by atoms with Crippen LogP contribution in [0.1, 0.15) is 25.3 Å². The molecule has 148 valence electrons. The molecule has 0 radical (unpaired) electrons. The molecule has 1 aliphatic heterocycles. The first-order valence-electron chi connectivity index (χ1n) is 9.20. The van der Waals surface area contributed by atoms with Gasteiger partial charge in [0.25, 0.3) is 0 Å². The monoisotopic (exact) mass is 479 g/mol. The van der Waals surface area contributed by atoms with Crippen molar-refractivity contribution >= 4 is 29.9 Å². The zero-order valence-electron chi connectivity index (χ0n) is 15.5. The first-order valence-corrected chi connectivity index (χ1v) is 9.20. The van der Waals surface area contributed by atoms with Crippen LogP contribution in [-0.2, 0) is 15.9 Å². The molecule has 1 aromatic rings. The average Bonchev–Trinajstić information content (AvgIpc) is 3.13. The summed E-state index contributed by atoms with van der Waals surface area (Å²) in [6.45, 7) is 7.58. The van der Waals surface area contributed by atoms with Crippen LogP contribution in [0.2, 0.25) is 0 Å². The summed E-state index contributed by atoms with van der Waals surface area (Å²) in [5.74, 6) is 1.18. The molecule has 0 bridgehead atoms. The normalized spacial score (nSPS) is 17.0. The summed E-state index contributed by atoms with van der Waals surface area (Å²) in [4.78, 5) is 4.56. The second-order valence-corrected chi connectivity index (χ2v) is 6.22. The van der Waals surface area contributed by atoms with E-state index in [-0.39, 0.29) is 29.8 Å². The number of guanidine groups is 1. The van der Waals surface area contributed by atoms with Crippen LogP contribution in [-0.4, -0.2) is 52.0 Å². The number of nitrogens with one attached hydrogen (secondary N) is 2. The van der Waals surface area contributed by atoms with Crippen molar-refractivity contribution in [2.45, 2.75) is 26.2 Å². The third-order valence-electron chi connectivity index (χ3n) is 4.06. The molecule has 0 saturated carbocycles. The maximum absolute atomic E-state index is 12.9. The summed E-state index contributed by atoms with van der Waals surface area (Å²) < 4.78 is 23.9. The molecule has 26 heavy (non-hydrogen) atoms. The molecule has 2 rings (SSSR count). The Morgan fingerprint density at radius 3 is 2.81 bits per heavy atom. The van der Waals surface area contributed by atoms with Crippen LogP contribution in [0.15, 0.2) is 29.3 Å². The number of nitrogens with zero attached hydrogens (tertiary/aromatic N) is 1. The van der Waals surface area contributed by atoms with E-state index in [1.165, 1.54) is 12.1 Å². The Morgan fingerprint density at radius 1 is 1.31 bits per heavy atom. The van der Waals surface area contributed by atoms with Crippen LogP contribution < -0.4 is 10.6 Å². The summed E-state index contributed by atoms with van der Waals surface area (Å²) >= 11 is 0. The molecule has 1 unspecified atom stereocenters. The van der Waals surface area contributed by atoms with Crippen molar-refractivity contribution in [3.05, 3.63) is 35.6 Å². The molecule has 1 aromatic carbocycles. The Hall–Kier alpha value is -0.930. The SMILES string of the molecule is CCNC(=NCCCOCC1CCOC1)NCCc1ccc(F)cc1.I. The summed E-state index contributed by atoms with van der Waals surface area (Å²) in [5.41, 5.74) is 1.11. The summed E-state index contributed by atoms with van der Waals surface area (Å²) in [7, 11) is 0. The number of halogens is 2. The van der Waals surface area contributed by atoms with Gasteiger partial charge >= 0.3 is 0 Å². The first kappa shape index (κ1) is 23.1. The topological polar surface area (TPSA) is 54.9 Å². The fourth-order valence-corrected chi connectivity index (χ4v) is 2.64. The minimum absolute atomic E-state index is 0. The molecule has 7 heteroatoms. The van der Waals surface area contributed by atoms with Gasteiger partial charge in [-0.05, 0) is 43.9 Å². The van der Waals surface area contributed by atoms with E-state index >= 15 is 0 Å². The molecule has 1 saturated heterocycles. The minimum Gasteiger partial charge on any atom is -0.381 e. The molecule has 1 aliphatic rings. The highest BCUT2D eigenvalue weighted by Gasteiger charge is 2.15. The molecule has 1 heterocycles. The third-order valence-corrected chi connectivity index (χ3v) is 4.06. The Morgan fingerprint density at radius 2 is 2.12 bits per heavy atom. The van der Waals surface area contributed by atoms with Gasteiger partial charge in [-0.3, -0.25) is 4.99 Å². The Labute approximate surface area is 173 Å². The van der Waals surface area contributed by atoms with E-state index in [4.69, 9.17) is 9.47 Å². The summed E-state index contributed by atoms with van der Waals surface area (Å²) in [6, 6.07) is 6.61. The highest BCUT2D eigenvalue weighted by atomic mass is 127. The number of ether oxygens (including phenoxy) is 2. The summed E-state index contributed by atoms with van der Waals surface area (Å²) in [6.07, 6.45) is 2.85.